The van der Waals surface area contributed by atoms with Crippen molar-refractivity contribution in [1.82, 2.24) is 39.2 Å². The summed E-state index contributed by atoms with van der Waals surface area (Å²) in [6.07, 6.45) is 4.26. The van der Waals surface area contributed by atoms with E-state index in [0.717, 1.165) is 53.4 Å². The van der Waals surface area contributed by atoms with E-state index in [1.54, 1.807) is 43.5 Å². The van der Waals surface area contributed by atoms with Gasteiger partial charge in [0.15, 0.2) is 11.6 Å². The van der Waals surface area contributed by atoms with Gasteiger partial charge >= 0.3 is 24.3 Å². The molecule has 120 heavy (non-hydrogen) atoms. The summed E-state index contributed by atoms with van der Waals surface area (Å²) in [6.45, 7) is 10.5. The van der Waals surface area contributed by atoms with Gasteiger partial charge < -0.3 is 38.2 Å². The number of benzene rings is 2. The summed E-state index contributed by atoms with van der Waals surface area (Å²) in [7, 11) is -4.79. The number of halogens is 6. The van der Waals surface area contributed by atoms with Crippen LogP contribution in [-0.2, 0) is 67.9 Å². The number of fused-ring (bicyclic) bond motifs is 6. The highest BCUT2D eigenvalue weighted by atomic mass is 32.2. The number of aromatic nitrogens is 4. The Balaban J connectivity index is 0.000000207. The van der Waals surface area contributed by atoms with Crippen LogP contribution in [0.3, 0.4) is 0 Å². The second-order valence-corrected chi connectivity index (χ2v) is 40.2. The Morgan fingerprint density at radius 2 is 0.883 bits per heavy atom. The van der Waals surface area contributed by atoms with Crippen molar-refractivity contribution >= 4 is 89.2 Å². The molecule has 14 rings (SSSR count). The van der Waals surface area contributed by atoms with Crippen LogP contribution in [0, 0.1) is 58.2 Å². The zero-order valence-electron chi connectivity index (χ0n) is 69.5. The monoisotopic (exact) mass is 1720 g/mol. The number of methoxy groups -OCH3 is 2. The van der Waals surface area contributed by atoms with Crippen molar-refractivity contribution in [3.8, 4) is 23.3 Å². The van der Waals surface area contributed by atoms with Gasteiger partial charge in [-0.25, -0.2) is 36.8 Å². The number of esters is 2. The highest BCUT2D eigenvalue weighted by Gasteiger charge is 2.64. The van der Waals surface area contributed by atoms with E-state index in [9.17, 15) is 71.9 Å². The van der Waals surface area contributed by atoms with Crippen LogP contribution in [0.1, 0.15) is 233 Å². The fraction of sp³-hybridized carbons (Fsp3) is 0.674. The average Bonchev–Trinajstić information content (AvgIpc) is 1.57. The van der Waals surface area contributed by atoms with Crippen LogP contribution in [0.4, 0.5) is 26.3 Å². The van der Waals surface area contributed by atoms with E-state index in [4.69, 9.17) is 48.4 Å². The van der Waals surface area contributed by atoms with Gasteiger partial charge in [-0.2, -0.15) is 26.3 Å². The first-order valence-electron chi connectivity index (χ1n) is 42.2. The fourth-order valence-corrected chi connectivity index (χ4v) is 20.4. The third kappa shape index (κ3) is 20.0. The molecule has 0 radical (unpaired) electrons. The van der Waals surface area contributed by atoms with Gasteiger partial charge in [0.25, 0.3) is 0 Å². The van der Waals surface area contributed by atoms with E-state index >= 15 is 9.59 Å². The largest absolute Gasteiger partial charge is 0.497 e. The molecule has 656 valence electrons. The molecule has 4 aliphatic heterocycles. The zero-order valence-corrected chi connectivity index (χ0v) is 71.1. The van der Waals surface area contributed by atoms with Crippen molar-refractivity contribution in [1.29, 1.82) is 0 Å². The van der Waals surface area contributed by atoms with Crippen LogP contribution in [0.5, 0.6) is 23.3 Å². The number of alkyl halides is 6. The maximum Gasteiger partial charge on any atom is 0.427 e. The molecule has 14 atom stereocenters. The van der Waals surface area contributed by atoms with Crippen molar-refractivity contribution in [3.63, 3.8) is 0 Å². The molecule has 34 heteroatoms. The Labute approximate surface area is 695 Å². The molecule has 4 amide bonds. The Kier molecular flexibility index (Phi) is 25.7. The van der Waals surface area contributed by atoms with Crippen molar-refractivity contribution in [2.45, 2.75) is 280 Å². The lowest BCUT2D eigenvalue weighted by atomic mass is 9.79. The molecule has 26 nitrogen and oxygen atoms in total. The number of nitrogens with one attached hydrogen (secondary N) is 2. The van der Waals surface area contributed by atoms with E-state index < -0.39 is 185 Å². The Morgan fingerprint density at radius 3 is 1.24 bits per heavy atom. The van der Waals surface area contributed by atoms with Gasteiger partial charge in [0, 0.05) is 49.7 Å². The Hall–Kier alpha value is -8.56. The molecule has 2 N–H and O–H groups in total. The number of nitrogens with zero attached hydrogens (tertiary/aromatic N) is 6. The van der Waals surface area contributed by atoms with Gasteiger partial charge in [-0.1, -0.05) is 64.8 Å². The van der Waals surface area contributed by atoms with Crippen LogP contribution in [0.2, 0.25) is 0 Å². The molecule has 6 heterocycles. The number of rotatable bonds is 22. The lowest BCUT2D eigenvalue weighted by Crippen LogP contribution is -2.48. The van der Waals surface area contributed by atoms with Gasteiger partial charge in [0.05, 0.1) is 107 Å². The molecule has 2 aromatic heterocycles. The number of amides is 4. The summed E-state index contributed by atoms with van der Waals surface area (Å²) in [6, 6.07) is 8.25. The highest BCUT2D eigenvalue weighted by Crippen LogP contribution is 2.59. The molecular weight excluding hydrogens is 1610 g/mol. The highest BCUT2D eigenvalue weighted by molar-refractivity contribution is 7.91. The summed E-state index contributed by atoms with van der Waals surface area (Å²) in [5.74, 6) is -8.20. The third-order valence-electron chi connectivity index (χ3n) is 26.1. The van der Waals surface area contributed by atoms with E-state index in [2.05, 4.69) is 9.44 Å². The molecule has 10 aliphatic rings. The molecular formula is C86H110F6N8O18S2. The van der Waals surface area contributed by atoms with Crippen LogP contribution in [0.25, 0.3) is 22.1 Å². The number of sulfonamides is 2. The number of hydrogen-bond donors (Lipinski definition) is 2. The molecule has 0 unspecified atom stereocenters. The number of carbonyl (C=O) groups is 8. The van der Waals surface area contributed by atoms with Crippen molar-refractivity contribution in [3.05, 3.63) is 72.1 Å². The normalized spacial score (nSPS) is 29.8. The molecule has 8 fully saturated rings. The number of allylic oxidation sites excluding steroid dienone is 4. The second-order valence-electron chi connectivity index (χ2n) is 36.2. The van der Waals surface area contributed by atoms with E-state index in [1.165, 1.54) is 16.9 Å². The number of ketones is 2. The lowest BCUT2D eigenvalue weighted by Gasteiger charge is -2.34. The van der Waals surface area contributed by atoms with Gasteiger partial charge in [-0.15, -0.1) is 0 Å². The van der Waals surface area contributed by atoms with Crippen LogP contribution in [0.15, 0.2) is 60.7 Å². The van der Waals surface area contributed by atoms with Crippen LogP contribution in [-0.4, -0.2) is 179 Å². The summed E-state index contributed by atoms with van der Waals surface area (Å²) >= 11 is 0. The van der Waals surface area contributed by atoms with Gasteiger partial charge in [-0.05, 0) is 190 Å². The van der Waals surface area contributed by atoms with Crippen LogP contribution >= 0.6 is 0 Å². The fourth-order valence-electron chi connectivity index (χ4n) is 17.7. The minimum atomic E-state index is -4.87. The van der Waals surface area contributed by atoms with Gasteiger partial charge in [0.1, 0.15) is 35.1 Å². The minimum Gasteiger partial charge on any atom is -0.497 e. The number of ether oxygens (including phenoxy) is 6. The molecule has 0 spiro atoms. The van der Waals surface area contributed by atoms with Crippen molar-refractivity contribution in [2.24, 2.45) is 58.2 Å². The Morgan fingerprint density at radius 1 is 0.517 bits per heavy atom. The van der Waals surface area contributed by atoms with Crippen LogP contribution < -0.4 is 28.4 Å². The predicted molar refractivity (Wildman–Crippen MR) is 426 cm³/mol. The molecule has 4 aromatic rings. The minimum absolute atomic E-state index is 0.0128. The number of hydrogen-bond acceptors (Lipinski definition) is 22. The molecule has 0 bridgehead atoms. The quantitative estimate of drug-likeness (QED) is 0.0419. The summed E-state index contributed by atoms with van der Waals surface area (Å²) < 4.78 is 173. The van der Waals surface area contributed by atoms with E-state index in [1.807, 2.05) is 52.0 Å². The van der Waals surface area contributed by atoms with Gasteiger partial charge in [-0.3, -0.25) is 47.8 Å². The maximum absolute atomic E-state index is 15.1. The lowest BCUT2D eigenvalue weighted by molar-refractivity contribution is -0.257. The van der Waals surface area contributed by atoms with Gasteiger partial charge in [0.2, 0.25) is 66.6 Å². The van der Waals surface area contributed by atoms with E-state index in [0.29, 0.717) is 122 Å². The third-order valence-corrected chi connectivity index (χ3v) is 29.7. The Bertz CT molecular complexity index is 4910. The average molecular weight is 1720 g/mol. The molecule has 2 aromatic carbocycles. The summed E-state index contributed by atoms with van der Waals surface area (Å²) in [5.41, 5.74) is -4.79. The predicted octanol–water partition coefficient (Wildman–Crippen LogP) is 13.5. The SMILES string of the molecule is CC[C@@H]1C[C@H](C)CC/C=C\[C@@H]2C[C@@]2(C(=O)NS(=O)(=O)C2CC2)CC(=O)[C@@H]2C[C@@H](Oc3nc4cc(OC)ccc4nc3C3CC3)CN2C(=O)[C@H]1CC(=O)OC(C)(C)C(F)(F)F.CC[C@@H]1C[C@H](C)CC/C=C\[C@@H]2C[C@@]2(C(=O)NS(=O)(=O)C2CC2)CC(=O)[C@@H]2C[C@@H](Oc3nc4ccc(OC)cc4nc3C3CC3)CN2C(=O)[C@H]1CC(=O)OC(C)(C)C(F)(F)F. The number of carbonyl (C=O) groups excluding carboxylic acids is 8. The molecule has 6 aliphatic carbocycles. The summed E-state index contributed by atoms with van der Waals surface area (Å²) in [5, 5.41) is -1.33. The first kappa shape index (κ1) is 89.2. The number of Topliss-reactive ketones (excluding diaryl/α,β-unsaturated/α-hetero) is 2. The summed E-state index contributed by atoms with van der Waals surface area (Å²) in [4.78, 5) is 136. The zero-order chi connectivity index (χ0) is 86.7. The molecule has 2 saturated heterocycles. The topological polar surface area (TPSA) is 342 Å². The first-order chi connectivity index (χ1) is 56.5. The maximum atomic E-state index is 15.1. The van der Waals surface area contributed by atoms with Crippen molar-refractivity contribution in [2.75, 3.05) is 27.3 Å². The standard InChI is InChI=1S/2C43H55F3N4O9S/c1-6-25-17-24(2)9-7-8-10-27-21-42(27,40(54)49-60(55,56)30-14-15-30)22-35(51)34-19-29(23-50(34)39(53)31(25)20-36(52)59-41(3,4)43(44,45)46)58-38-37(26-11-12-26)47-33-18-28(57-5)13-16-32(33)48-38;1-6-25-17-24(2)9-7-8-10-27-21-42(27,40(54)49-60(55,56)30-14-15-30)22-35(51)34-19-29(23-50(34)39(53)31(25)20-36(52)59-41(3,4)43(44,45)46)58-38-37(26-11-12-26)47-32-16-13-28(57-5)18-33(32)48-38/h2*8,10,13,16,18,24-27,29-31,34H,6-7,9,11-12,14-15,17,19-23H2,1-5H3,(H,49,54)/b2*10-8-/t2*24-,25-,27-,29-,31+,34+,42-/m11/s1. The molecule has 6 saturated carbocycles. The van der Waals surface area contributed by atoms with Crippen molar-refractivity contribution < 1.29 is 110 Å². The first-order valence-corrected chi connectivity index (χ1v) is 45.3. The smallest absolute Gasteiger partial charge is 0.427 e. The van der Waals surface area contributed by atoms with E-state index in [-0.39, 0.29) is 87.0 Å². The second kappa shape index (κ2) is 34.6.